The van der Waals surface area contributed by atoms with Crippen molar-refractivity contribution in [3.8, 4) is 11.4 Å². The molecule has 1 fully saturated rings. The van der Waals surface area contributed by atoms with Crippen molar-refractivity contribution in [1.29, 1.82) is 0 Å². The second-order valence-electron chi connectivity index (χ2n) is 6.33. The third-order valence-corrected chi connectivity index (χ3v) is 4.54. The van der Waals surface area contributed by atoms with Gasteiger partial charge in [0.1, 0.15) is 5.82 Å². The Balaban J connectivity index is 1.63. The summed E-state index contributed by atoms with van der Waals surface area (Å²) in [4.78, 5) is 23.7. The van der Waals surface area contributed by atoms with Crippen LogP contribution in [0, 0.1) is 6.92 Å². The molecule has 1 aliphatic rings. The molecule has 0 spiro atoms. The number of rotatable bonds is 3. The fourth-order valence-corrected chi connectivity index (χ4v) is 3.25. The number of nitrogens with zero attached hydrogens (tertiary/aromatic N) is 4. The van der Waals surface area contributed by atoms with Gasteiger partial charge in [-0.2, -0.15) is 5.10 Å². The number of carbonyl (C=O) groups is 1. The largest absolute Gasteiger partial charge is 0.329 e. The minimum atomic E-state index is -0.0284. The average Bonchev–Trinajstić information content (AvgIpc) is 3.15. The Labute approximate surface area is 151 Å². The summed E-state index contributed by atoms with van der Waals surface area (Å²) in [5.74, 6) is 1.35. The Morgan fingerprint density at radius 1 is 1.27 bits per heavy atom. The van der Waals surface area contributed by atoms with E-state index in [0.717, 1.165) is 30.0 Å². The Kier molecular flexibility index (Phi) is 4.45. The van der Waals surface area contributed by atoms with Crippen molar-refractivity contribution < 1.29 is 4.79 Å². The third kappa shape index (κ3) is 3.21. The number of H-pyrrole nitrogens is 1. The molecule has 7 nitrogen and oxygen atoms in total. The SMILES string of the molecule is Cc1nc(-c2cccc(C(=O)N3CCNCC3c3cccnc3)c2)n[nH]1. The van der Waals surface area contributed by atoms with Gasteiger partial charge in [0.05, 0.1) is 6.04 Å². The van der Waals surface area contributed by atoms with Crippen LogP contribution in [0.3, 0.4) is 0 Å². The van der Waals surface area contributed by atoms with Gasteiger partial charge in [-0.3, -0.25) is 14.9 Å². The van der Waals surface area contributed by atoms with Gasteiger partial charge in [-0.1, -0.05) is 18.2 Å². The van der Waals surface area contributed by atoms with E-state index >= 15 is 0 Å². The third-order valence-electron chi connectivity index (χ3n) is 4.54. The Morgan fingerprint density at radius 3 is 2.96 bits per heavy atom. The lowest BCUT2D eigenvalue weighted by molar-refractivity contribution is 0.0634. The minimum absolute atomic E-state index is 0.00876. The van der Waals surface area contributed by atoms with Crippen LogP contribution in [-0.2, 0) is 0 Å². The standard InChI is InChI=1S/C19H20N6O/c1-13-22-18(24-23-13)14-4-2-5-15(10-14)19(26)25-9-8-21-12-17(25)16-6-3-7-20-11-16/h2-7,10-11,17,21H,8-9,12H2,1H3,(H,22,23,24). The molecule has 0 aliphatic carbocycles. The predicted molar refractivity (Wildman–Crippen MR) is 97.4 cm³/mol. The van der Waals surface area contributed by atoms with Crippen LogP contribution in [0.4, 0.5) is 0 Å². The lowest BCUT2D eigenvalue weighted by atomic mass is 10.0. The van der Waals surface area contributed by atoms with E-state index in [2.05, 4.69) is 25.5 Å². The quantitative estimate of drug-likeness (QED) is 0.756. The summed E-state index contributed by atoms with van der Waals surface area (Å²) < 4.78 is 0. The molecule has 132 valence electrons. The van der Waals surface area contributed by atoms with Gasteiger partial charge < -0.3 is 10.2 Å². The van der Waals surface area contributed by atoms with Gasteiger partial charge in [-0.05, 0) is 30.7 Å². The predicted octanol–water partition coefficient (Wildman–Crippen LogP) is 1.96. The first-order valence-corrected chi connectivity index (χ1v) is 8.63. The van der Waals surface area contributed by atoms with Gasteiger partial charge in [-0.25, -0.2) is 4.98 Å². The van der Waals surface area contributed by atoms with Crippen LogP contribution in [0.1, 0.15) is 27.8 Å². The molecule has 3 heterocycles. The smallest absolute Gasteiger partial charge is 0.254 e. The number of hydrogen-bond donors (Lipinski definition) is 2. The van der Waals surface area contributed by atoms with Gasteiger partial charge in [0, 0.05) is 43.2 Å². The maximum atomic E-state index is 13.2. The van der Waals surface area contributed by atoms with Crippen LogP contribution in [-0.4, -0.2) is 50.6 Å². The number of aryl methyl sites for hydroxylation is 1. The molecule has 2 aromatic heterocycles. The van der Waals surface area contributed by atoms with Crippen molar-refractivity contribution in [2.75, 3.05) is 19.6 Å². The van der Waals surface area contributed by atoms with Gasteiger partial charge >= 0.3 is 0 Å². The van der Waals surface area contributed by atoms with Gasteiger partial charge in [-0.15, -0.1) is 0 Å². The van der Waals surface area contributed by atoms with Crippen LogP contribution < -0.4 is 5.32 Å². The first-order chi connectivity index (χ1) is 12.7. The molecule has 0 saturated carbocycles. The maximum Gasteiger partial charge on any atom is 0.254 e. The molecular weight excluding hydrogens is 328 g/mol. The van der Waals surface area contributed by atoms with Gasteiger partial charge in [0.2, 0.25) is 0 Å². The van der Waals surface area contributed by atoms with Crippen molar-refractivity contribution in [2.24, 2.45) is 0 Å². The molecule has 1 aliphatic heterocycles. The molecule has 2 N–H and O–H groups in total. The summed E-state index contributed by atoms with van der Waals surface area (Å²) in [5.41, 5.74) is 2.50. The molecule has 3 aromatic rings. The summed E-state index contributed by atoms with van der Waals surface area (Å²) >= 11 is 0. The Morgan fingerprint density at radius 2 is 2.19 bits per heavy atom. The van der Waals surface area contributed by atoms with Crippen molar-refractivity contribution >= 4 is 5.91 Å². The van der Waals surface area contributed by atoms with E-state index in [1.807, 2.05) is 54.4 Å². The molecule has 1 saturated heterocycles. The number of aromatic nitrogens is 4. The monoisotopic (exact) mass is 348 g/mol. The highest BCUT2D eigenvalue weighted by molar-refractivity contribution is 5.95. The number of hydrogen-bond acceptors (Lipinski definition) is 5. The molecule has 1 unspecified atom stereocenters. The van der Waals surface area contributed by atoms with Crippen molar-refractivity contribution in [1.82, 2.24) is 30.4 Å². The van der Waals surface area contributed by atoms with E-state index in [0.29, 0.717) is 17.9 Å². The molecule has 1 atom stereocenters. The van der Waals surface area contributed by atoms with E-state index in [4.69, 9.17) is 0 Å². The Hall–Kier alpha value is -3.06. The number of amides is 1. The summed E-state index contributed by atoms with van der Waals surface area (Å²) in [7, 11) is 0. The van der Waals surface area contributed by atoms with Gasteiger partial charge in [0.15, 0.2) is 5.82 Å². The van der Waals surface area contributed by atoms with Crippen LogP contribution in [0.5, 0.6) is 0 Å². The lowest BCUT2D eigenvalue weighted by Crippen LogP contribution is -2.48. The normalized spacial score (nSPS) is 17.3. The first-order valence-electron chi connectivity index (χ1n) is 8.63. The molecule has 1 aromatic carbocycles. The number of pyridine rings is 1. The number of carbonyl (C=O) groups excluding carboxylic acids is 1. The van der Waals surface area contributed by atoms with E-state index in [-0.39, 0.29) is 11.9 Å². The Bertz CT molecular complexity index is 907. The molecule has 1 amide bonds. The van der Waals surface area contributed by atoms with Gasteiger partial charge in [0.25, 0.3) is 5.91 Å². The minimum Gasteiger partial charge on any atom is -0.329 e. The number of aromatic amines is 1. The number of benzene rings is 1. The van der Waals surface area contributed by atoms with Crippen molar-refractivity contribution in [2.45, 2.75) is 13.0 Å². The second kappa shape index (κ2) is 7.05. The average molecular weight is 348 g/mol. The summed E-state index contributed by atoms with van der Waals surface area (Å²) in [6, 6.07) is 11.4. The second-order valence-corrected chi connectivity index (χ2v) is 6.33. The lowest BCUT2D eigenvalue weighted by Gasteiger charge is -2.36. The van der Waals surface area contributed by atoms with Crippen LogP contribution in [0.2, 0.25) is 0 Å². The number of nitrogens with one attached hydrogen (secondary N) is 2. The number of piperazine rings is 1. The molecule has 7 heteroatoms. The van der Waals surface area contributed by atoms with Crippen molar-refractivity contribution in [3.63, 3.8) is 0 Å². The van der Waals surface area contributed by atoms with E-state index < -0.39 is 0 Å². The molecule has 0 radical (unpaired) electrons. The van der Waals surface area contributed by atoms with E-state index in [1.54, 1.807) is 6.20 Å². The highest BCUT2D eigenvalue weighted by atomic mass is 16.2. The zero-order valence-electron chi connectivity index (χ0n) is 14.5. The zero-order valence-corrected chi connectivity index (χ0v) is 14.5. The molecular formula is C19H20N6O. The highest BCUT2D eigenvalue weighted by Gasteiger charge is 2.28. The maximum absolute atomic E-state index is 13.2. The molecule has 26 heavy (non-hydrogen) atoms. The topological polar surface area (TPSA) is 86.8 Å². The van der Waals surface area contributed by atoms with Crippen LogP contribution >= 0.6 is 0 Å². The fraction of sp³-hybridized carbons (Fsp3) is 0.263. The first kappa shape index (κ1) is 16.4. The molecule has 0 bridgehead atoms. The highest BCUT2D eigenvalue weighted by Crippen LogP contribution is 2.25. The zero-order chi connectivity index (χ0) is 17.9. The van der Waals surface area contributed by atoms with E-state index in [1.165, 1.54) is 0 Å². The summed E-state index contributed by atoms with van der Waals surface area (Å²) in [5, 5.41) is 10.4. The summed E-state index contributed by atoms with van der Waals surface area (Å²) in [6.45, 7) is 4.01. The van der Waals surface area contributed by atoms with E-state index in [9.17, 15) is 4.79 Å². The van der Waals surface area contributed by atoms with Crippen molar-refractivity contribution in [3.05, 3.63) is 65.7 Å². The summed E-state index contributed by atoms with van der Waals surface area (Å²) in [6.07, 6.45) is 3.57. The van der Waals surface area contributed by atoms with Crippen LogP contribution in [0.25, 0.3) is 11.4 Å². The van der Waals surface area contributed by atoms with Crippen LogP contribution in [0.15, 0.2) is 48.8 Å². The molecule has 4 rings (SSSR count). The fourth-order valence-electron chi connectivity index (χ4n) is 3.25.